The molecule has 130 valence electrons. The highest BCUT2D eigenvalue weighted by atomic mass is 19.3. The molecule has 0 bridgehead atoms. The number of aryl methyl sites for hydroxylation is 1. The molecule has 2 heterocycles. The van der Waals surface area contributed by atoms with Gasteiger partial charge in [-0.1, -0.05) is 0 Å². The molecule has 0 radical (unpaired) electrons. The Kier molecular flexibility index (Phi) is 4.80. The number of pyridine rings is 1. The van der Waals surface area contributed by atoms with Crippen molar-refractivity contribution in [2.45, 2.75) is 51.1 Å². The highest BCUT2D eigenvalue weighted by molar-refractivity contribution is 5.44. The van der Waals surface area contributed by atoms with Gasteiger partial charge in [-0.3, -0.25) is 0 Å². The van der Waals surface area contributed by atoms with Crippen LogP contribution in [0.25, 0.3) is 5.82 Å². The third kappa shape index (κ3) is 4.08. The van der Waals surface area contributed by atoms with Crippen LogP contribution in [0.1, 0.15) is 36.9 Å². The first-order valence-electron chi connectivity index (χ1n) is 8.28. The minimum atomic E-state index is -2.52. The molecule has 0 amide bonds. The zero-order valence-electron chi connectivity index (χ0n) is 14.0. The summed E-state index contributed by atoms with van der Waals surface area (Å²) in [7, 11) is 1.88. The number of hydrogen-bond donors (Lipinski definition) is 2. The van der Waals surface area contributed by atoms with Gasteiger partial charge in [0.2, 0.25) is 5.92 Å². The van der Waals surface area contributed by atoms with Crippen molar-refractivity contribution in [3.05, 3.63) is 35.7 Å². The van der Waals surface area contributed by atoms with E-state index in [0.29, 0.717) is 25.2 Å². The summed E-state index contributed by atoms with van der Waals surface area (Å²) in [6.45, 7) is 2.63. The molecule has 0 spiro atoms. The molecule has 0 aromatic carbocycles. The van der Waals surface area contributed by atoms with Crippen molar-refractivity contribution < 1.29 is 8.78 Å². The first-order chi connectivity index (χ1) is 11.4. The van der Waals surface area contributed by atoms with Gasteiger partial charge in [-0.15, -0.1) is 0 Å². The largest absolute Gasteiger partial charge is 0.367 e. The average Bonchev–Trinajstić information content (AvgIpc) is 2.96. The summed E-state index contributed by atoms with van der Waals surface area (Å²) in [4.78, 5) is 4.60. The Bertz CT molecular complexity index is 688. The van der Waals surface area contributed by atoms with Gasteiger partial charge in [-0.2, -0.15) is 5.10 Å². The number of anilines is 1. The fourth-order valence-electron chi connectivity index (χ4n) is 3.00. The molecule has 2 aromatic rings. The maximum Gasteiger partial charge on any atom is 0.248 e. The summed E-state index contributed by atoms with van der Waals surface area (Å²) >= 11 is 0. The van der Waals surface area contributed by atoms with E-state index in [2.05, 4.69) is 20.7 Å². The highest BCUT2D eigenvalue weighted by Crippen LogP contribution is 2.34. The second kappa shape index (κ2) is 6.84. The number of halogens is 2. The standard InChI is InChI=1S/C17H23F2N5/c1-12-5-8-24(23-12)16-10-13(11-20-2)9-15(22-16)21-14-3-6-17(18,19)7-4-14/h5,8-10,14,20H,3-4,6-7,11H2,1-2H3,(H,21,22). The van der Waals surface area contributed by atoms with E-state index in [1.165, 1.54) is 0 Å². The predicted octanol–water partition coefficient (Wildman–Crippen LogP) is 3.28. The van der Waals surface area contributed by atoms with Crippen molar-refractivity contribution in [3.8, 4) is 5.82 Å². The maximum absolute atomic E-state index is 13.3. The number of nitrogens with zero attached hydrogens (tertiary/aromatic N) is 3. The number of nitrogens with one attached hydrogen (secondary N) is 2. The molecule has 0 atom stereocenters. The molecule has 1 fully saturated rings. The lowest BCUT2D eigenvalue weighted by atomic mass is 9.92. The molecule has 1 aliphatic rings. The van der Waals surface area contributed by atoms with Gasteiger partial charge >= 0.3 is 0 Å². The molecule has 2 aromatic heterocycles. The van der Waals surface area contributed by atoms with Crippen molar-refractivity contribution in [3.63, 3.8) is 0 Å². The van der Waals surface area contributed by atoms with Gasteiger partial charge in [0, 0.05) is 31.6 Å². The maximum atomic E-state index is 13.3. The van der Waals surface area contributed by atoms with E-state index in [0.717, 1.165) is 17.1 Å². The molecular weight excluding hydrogens is 312 g/mol. The molecule has 2 N–H and O–H groups in total. The van der Waals surface area contributed by atoms with Crippen LogP contribution >= 0.6 is 0 Å². The molecule has 1 aliphatic carbocycles. The quantitative estimate of drug-likeness (QED) is 0.880. The van der Waals surface area contributed by atoms with Crippen molar-refractivity contribution in [1.82, 2.24) is 20.1 Å². The fraction of sp³-hybridized carbons (Fsp3) is 0.529. The Hall–Kier alpha value is -2.02. The molecule has 0 saturated heterocycles. The molecule has 24 heavy (non-hydrogen) atoms. The van der Waals surface area contributed by atoms with E-state index in [9.17, 15) is 8.78 Å². The zero-order valence-corrected chi connectivity index (χ0v) is 14.0. The highest BCUT2D eigenvalue weighted by Gasteiger charge is 2.34. The van der Waals surface area contributed by atoms with Crippen molar-refractivity contribution in [2.75, 3.05) is 12.4 Å². The molecule has 0 unspecified atom stereocenters. The summed E-state index contributed by atoms with van der Waals surface area (Å²) in [5.41, 5.74) is 1.99. The van der Waals surface area contributed by atoms with Gasteiger partial charge in [-0.05, 0) is 50.6 Å². The average molecular weight is 335 g/mol. The third-order valence-corrected chi connectivity index (χ3v) is 4.28. The lowest BCUT2D eigenvalue weighted by molar-refractivity contribution is -0.0361. The van der Waals surface area contributed by atoms with Gasteiger partial charge in [-0.25, -0.2) is 18.4 Å². The number of rotatable bonds is 5. The summed E-state index contributed by atoms with van der Waals surface area (Å²) in [6.07, 6.45) is 2.66. The smallest absolute Gasteiger partial charge is 0.248 e. The second-order valence-corrected chi connectivity index (χ2v) is 6.43. The van der Waals surface area contributed by atoms with Crippen molar-refractivity contribution in [2.24, 2.45) is 0 Å². The zero-order chi connectivity index (χ0) is 17.2. The second-order valence-electron chi connectivity index (χ2n) is 6.43. The summed E-state index contributed by atoms with van der Waals surface area (Å²) < 4.78 is 28.3. The number of hydrogen-bond acceptors (Lipinski definition) is 4. The molecule has 1 saturated carbocycles. The Morgan fingerprint density at radius 3 is 2.67 bits per heavy atom. The van der Waals surface area contributed by atoms with Gasteiger partial charge in [0.1, 0.15) is 5.82 Å². The summed E-state index contributed by atoms with van der Waals surface area (Å²) in [6, 6.07) is 5.89. The van der Waals surface area contributed by atoms with E-state index in [4.69, 9.17) is 0 Å². The van der Waals surface area contributed by atoms with Crippen molar-refractivity contribution >= 4 is 5.82 Å². The fourth-order valence-corrected chi connectivity index (χ4v) is 3.00. The van der Waals surface area contributed by atoms with Crippen LogP contribution in [0.5, 0.6) is 0 Å². The van der Waals surface area contributed by atoms with Crippen LogP contribution in [0.15, 0.2) is 24.4 Å². The van der Waals surface area contributed by atoms with E-state index in [1.54, 1.807) is 4.68 Å². The van der Waals surface area contributed by atoms with Gasteiger partial charge in [0.05, 0.1) is 5.69 Å². The van der Waals surface area contributed by atoms with E-state index in [-0.39, 0.29) is 18.9 Å². The summed E-state index contributed by atoms with van der Waals surface area (Å²) in [5, 5.41) is 10.8. The molecule has 5 nitrogen and oxygen atoms in total. The molecule has 0 aliphatic heterocycles. The third-order valence-electron chi connectivity index (χ3n) is 4.28. The van der Waals surface area contributed by atoms with Crippen LogP contribution in [0, 0.1) is 6.92 Å². The Morgan fingerprint density at radius 1 is 1.29 bits per heavy atom. The minimum Gasteiger partial charge on any atom is -0.367 e. The first kappa shape index (κ1) is 16.8. The normalized spacial score (nSPS) is 17.8. The lowest BCUT2D eigenvalue weighted by Gasteiger charge is -2.29. The van der Waals surface area contributed by atoms with Crippen LogP contribution in [-0.4, -0.2) is 33.8 Å². The molecule has 3 rings (SSSR count). The molecular formula is C17H23F2N5. The predicted molar refractivity (Wildman–Crippen MR) is 89.7 cm³/mol. The topological polar surface area (TPSA) is 54.8 Å². The van der Waals surface area contributed by atoms with Crippen LogP contribution in [0.4, 0.5) is 14.6 Å². The van der Waals surface area contributed by atoms with Crippen LogP contribution < -0.4 is 10.6 Å². The first-order valence-corrected chi connectivity index (χ1v) is 8.28. The van der Waals surface area contributed by atoms with Crippen LogP contribution in [-0.2, 0) is 6.54 Å². The van der Waals surface area contributed by atoms with Crippen LogP contribution in [0.3, 0.4) is 0 Å². The molecule has 7 heteroatoms. The monoisotopic (exact) mass is 335 g/mol. The van der Waals surface area contributed by atoms with E-state index in [1.807, 2.05) is 38.4 Å². The van der Waals surface area contributed by atoms with E-state index < -0.39 is 5.92 Å². The van der Waals surface area contributed by atoms with Gasteiger partial charge < -0.3 is 10.6 Å². The van der Waals surface area contributed by atoms with Crippen molar-refractivity contribution in [1.29, 1.82) is 0 Å². The Labute approximate surface area is 140 Å². The van der Waals surface area contributed by atoms with Gasteiger partial charge in [0.15, 0.2) is 5.82 Å². The number of alkyl halides is 2. The minimum absolute atomic E-state index is 0.0363. The number of aromatic nitrogens is 3. The SMILES string of the molecule is CNCc1cc(NC2CCC(F)(F)CC2)nc(-n2ccc(C)n2)c1. The Morgan fingerprint density at radius 2 is 2.04 bits per heavy atom. The van der Waals surface area contributed by atoms with E-state index >= 15 is 0 Å². The lowest BCUT2D eigenvalue weighted by Crippen LogP contribution is -2.32. The van der Waals surface area contributed by atoms with Crippen LogP contribution in [0.2, 0.25) is 0 Å². The van der Waals surface area contributed by atoms with Gasteiger partial charge in [0.25, 0.3) is 0 Å². The Balaban J connectivity index is 1.80. The summed E-state index contributed by atoms with van der Waals surface area (Å²) in [5.74, 6) is -1.09.